The summed E-state index contributed by atoms with van der Waals surface area (Å²) >= 11 is 0. The molecule has 1 amide bonds. The van der Waals surface area contributed by atoms with E-state index in [1.807, 2.05) is 43.3 Å². The minimum absolute atomic E-state index is 0.0373. The van der Waals surface area contributed by atoms with Gasteiger partial charge in [-0.3, -0.25) is 4.79 Å². The predicted octanol–water partition coefficient (Wildman–Crippen LogP) is 4.78. The second kappa shape index (κ2) is 9.44. The Hall–Kier alpha value is -3.34. The van der Waals surface area contributed by atoms with E-state index in [1.54, 1.807) is 6.07 Å². The average Bonchev–Trinajstić information content (AvgIpc) is 2.71. The van der Waals surface area contributed by atoms with E-state index in [4.69, 9.17) is 4.74 Å². The van der Waals surface area contributed by atoms with E-state index in [2.05, 4.69) is 31.3 Å². The number of hydrogen-bond acceptors (Lipinski definition) is 4. The Morgan fingerprint density at radius 3 is 2.23 bits per heavy atom. The number of nitrogens with one attached hydrogen (secondary N) is 1. The maximum atomic E-state index is 12.3. The molecule has 0 fully saturated rings. The number of carbonyl (C=O) groups is 2. The third-order valence-corrected chi connectivity index (χ3v) is 4.92. The Balaban J connectivity index is 1.56. The van der Waals surface area contributed by atoms with Crippen LogP contribution in [0.2, 0.25) is 0 Å². The molecule has 30 heavy (non-hydrogen) atoms. The van der Waals surface area contributed by atoms with E-state index in [0.717, 1.165) is 22.8 Å². The molecule has 0 radical (unpaired) electrons. The molecule has 0 aromatic heterocycles. The van der Waals surface area contributed by atoms with Crippen molar-refractivity contribution < 1.29 is 19.4 Å². The Morgan fingerprint density at radius 1 is 0.967 bits per heavy atom. The third-order valence-electron chi connectivity index (χ3n) is 4.92. The van der Waals surface area contributed by atoms with Crippen LogP contribution in [0.4, 0.5) is 0 Å². The van der Waals surface area contributed by atoms with Gasteiger partial charge in [0, 0.05) is 0 Å². The number of aromatic hydroxyl groups is 1. The summed E-state index contributed by atoms with van der Waals surface area (Å²) in [7, 11) is 0. The number of rotatable bonds is 7. The lowest BCUT2D eigenvalue weighted by Gasteiger charge is -2.15. The molecule has 3 aromatic rings. The molecule has 3 aromatic carbocycles. The lowest BCUT2D eigenvalue weighted by molar-refractivity contribution is -0.124. The molecular weight excluding hydrogens is 378 g/mol. The number of amides is 1. The van der Waals surface area contributed by atoms with Gasteiger partial charge in [0.15, 0.2) is 6.61 Å². The minimum Gasteiger partial charge on any atom is -0.507 e. The molecular formula is C25H27NO4. The van der Waals surface area contributed by atoms with Gasteiger partial charge >= 0.3 is 5.97 Å². The van der Waals surface area contributed by atoms with Crippen LogP contribution in [0.15, 0.2) is 60.7 Å². The zero-order valence-electron chi connectivity index (χ0n) is 17.5. The highest BCUT2D eigenvalue weighted by atomic mass is 16.5. The normalized spacial score (nSPS) is 12.0. The van der Waals surface area contributed by atoms with Crippen LogP contribution in [-0.2, 0) is 16.0 Å². The third kappa shape index (κ3) is 5.38. The van der Waals surface area contributed by atoms with Crippen molar-refractivity contribution >= 4 is 22.6 Å². The summed E-state index contributed by atoms with van der Waals surface area (Å²) < 4.78 is 5.11. The van der Waals surface area contributed by atoms with Gasteiger partial charge in [-0.1, -0.05) is 62.4 Å². The van der Waals surface area contributed by atoms with Crippen molar-refractivity contribution in [1.82, 2.24) is 5.32 Å². The van der Waals surface area contributed by atoms with Gasteiger partial charge in [-0.2, -0.15) is 0 Å². The summed E-state index contributed by atoms with van der Waals surface area (Å²) in [6.07, 6.45) is 1.01. The molecule has 0 saturated heterocycles. The summed E-state index contributed by atoms with van der Waals surface area (Å²) in [5.41, 5.74) is 2.28. The topological polar surface area (TPSA) is 75.6 Å². The van der Waals surface area contributed by atoms with Gasteiger partial charge in [0.1, 0.15) is 11.3 Å². The monoisotopic (exact) mass is 405 g/mol. The van der Waals surface area contributed by atoms with Crippen LogP contribution in [-0.4, -0.2) is 23.6 Å². The zero-order valence-corrected chi connectivity index (χ0v) is 17.5. The van der Waals surface area contributed by atoms with Crippen molar-refractivity contribution in [2.75, 3.05) is 6.61 Å². The lowest BCUT2D eigenvalue weighted by Crippen LogP contribution is -2.31. The van der Waals surface area contributed by atoms with Gasteiger partial charge in [-0.05, 0) is 53.3 Å². The number of ether oxygens (including phenoxy) is 1. The number of phenols is 1. The van der Waals surface area contributed by atoms with Gasteiger partial charge in [0.05, 0.1) is 6.04 Å². The molecule has 0 aliphatic rings. The van der Waals surface area contributed by atoms with Gasteiger partial charge in [-0.25, -0.2) is 4.79 Å². The molecule has 156 valence electrons. The molecule has 0 unspecified atom stereocenters. The molecule has 1 atom stereocenters. The van der Waals surface area contributed by atoms with Gasteiger partial charge < -0.3 is 15.2 Å². The van der Waals surface area contributed by atoms with Crippen molar-refractivity contribution in [3.63, 3.8) is 0 Å². The predicted molar refractivity (Wildman–Crippen MR) is 117 cm³/mol. The quantitative estimate of drug-likeness (QED) is 0.555. The summed E-state index contributed by atoms with van der Waals surface area (Å²) in [5, 5.41) is 14.6. The molecule has 5 heteroatoms. The van der Waals surface area contributed by atoms with Crippen LogP contribution >= 0.6 is 0 Å². The van der Waals surface area contributed by atoms with Crippen LogP contribution < -0.4 is 5.32 Å². The van der Waals surface area contributed by atoms with Crippen LogP contribution in [0.3, 0.4) is 0 Å². The van der Waals surface area contributed by atoms with Gasteiger partial charge in [-0.15, -0.1) is 0 Å². The summed E-state index contributed by atoms with van der Waals surface area (Å²) in [6, 6.07) is 18.4. The highest BCUT2D eigenvalue weighted by Gasteiger charge is 2.17. The number of benzene rings is 3. The first-order valence-corrected chi connectivity index (χ1v) is 10.1. The molecule has 0 heterocycles. The Morgan fingerprint density at radius 2 is 1.60 bits per heavy atom. The van der Waals surface area contributed by atoms with Crippen LogP contribution in [0.25, 0.3) is 10.8 Å². The number of carbonyl (C=O) groups excluding carboxylic acids is 2. The Kier molecular flexibility index (Phi) is 6.72. The Labute approximate surface area is 176 Å². The van der Waals surface area contributed by atoms with Crippen molar-refractivity contribution in [1.29, 1.82) is 0 Å². The van der Waals surface area contributed by atoms with Gasteiger partial charge in [0.2, 0.25) is 0 Å². The van der Waals surface area contributed by atoms with Crippen LogP contribution in [0.1, 0.15) is 48.3 Å². The fourth-order valence-electron chi connectivity index (χ4n) is 3.38. The summed E-state index contributed by atoms with van der Waals surface area (Å²) in [5.74, 6) is -0.722. The molecule has 0 aliphatic carbocycles. The maximum absolute atomic E-state index is 12.3. The van der Waals surface area contributed by atoms with Crippen molar-refractivity contribution in [3.05, 3.63) is 77.4 Å². The van der Waals surface area contributed by atoms with E-state index >= 15 is 0 Å². The smallest absolute Gasteiger partial charge is 0.342 e. The SMILES string of the molecule is CC(C)Cc1ccc([C@@H](C)NC(=O)COC(=O)c2cc3ccccc3cc2O)cc1. The highest BCUT2D eigenvalue weighted by Crippen LogP contribution is 2.25. The van der Waals surface area contributed by atoms with Crippen molar-refractivity contribution in [3.8, 4) is 5.75 Å². The number of phenolic OH excluding ortho intramolecular Hbond substituents is 1. The first-order chi connectivity index (χ1) is 14.3. The van der Waals surface area contributed by atoms with E-state index in [9.17, 15) is 14.7 Å². The first-order valence-electron chi connectivity index (χ1n) is 10.1. The zero-order chi connectivity index (χ0) is 21.7. The first kappa shape index (κ1) is 21.4. The van der Waals surface area contributed by atoms with Crippen molar-refractivity contribution in [2.45, 2.75) is 33.2 Å². The maximum Gasteiger partial charge on any atom is 0.342 e. The lowest BCUT2D eigenvalue weighted by atomic mass is 10.00. The fraction of sp³-hybridized carbons (Fsp3) is 0.280. The average molecular weight is 405 g/mol. The molecule has 0 saturated carbocycles. The number of fused-ring (bicyclic) bond motifs is 1. The van der Waals surface area contributed by atoms with Gasteiger partial charge in [0.25, 0.3) is 5.91 Å². The molecule has 0 bridgehead atoms. The van der Waals surface area contributed by atoms with E-state index < -0.39 is 18.5 Å². The highest BCUT2D eigenvalue weighted by molar-refractivity contribution is 5.99. The molecule has 5 nitrogen and oxygen atoms in total. The summed E-state index contributed by atoms with van der Waals surface area (Å²) in [4.78, 5) is 24.6. The molecule has 0 spiro atoms. The van der Waals surface area contributed by atoms with E-state index in [0.29, 0.717) is 5.92 Å². The molecule has 0 aliphatic heterocycles. The summed E-state index contributed by atoms with van der Waals surface area (Å²) in [6.45, 7) is 5.82. The van der Waals surface area contributed by atoms with Crippen molar-refractivity contribution in [2.24, 2.45) is 5.92 Å². The molecule has 2 N–H and O–H groups in total. The molecule has 3 rings (SSSR count). The van der Waals surface area contributed by atoms with E-state index in [1.165, 1.54) is 11.6 Å². The number of esters is 1. The fourth-order valence-corrected chi connectivity index (χ4v) is 3.38. The van der Waals surface area contributed by atoms with Crippen LogP contribution in [0.5, 0.6) is 5.75 Å². The standard InChI is InChI=1S/C25H27NO4/c1-16(2)12-18-8-10-19(11-9-18)17(3)26-24(28)15-30-25(29)22-13-20-6-4-5-7-21(20)14-23(22)27/h4-11,13-14,16-17,27H,12,15H2,1-3H3,(H,26,28)/t17-/m1/s1. The largest absolute Gasteiger partial charge is 0.507 e. The van der Waals surface area contributed by atoms with Crippen LogP contribution in [0, 0.1) is 5.92 Å². The Bertz CT molecular complexity index is 1040. The number of hydrogen-bond donors (Lipinski definition) is 2. The second-order valence-electron chi connectivity index (χ2n) is 7.92. The second-order valence-corrected chi connectivity index (χ2v) is 7.92. The van der Waals surface area contributed by atoms with E-state index in [-0.39, 0.29) is 17.4 Å². The minimum atomic E-state index is -0.737.